The van der Waals surface area contributed by atoms with Crippen LogP contribution in [0.25, 0.3) is 0 Å². The number of aliphatic hydroxyl groups is 2. The highest BCUT2D eigenvalue weighted by molar-refractivity contribution is 6.06. The lowest BCUT2D eigenvalue weighted by Gasteiger charge is -2.63. The highest BCUT2D eigenvalue weighted by Crippen LogP contribution is 2.81. The maximum absolute atomic E-state index is 14.1. The van der Waals surface area contributed by atoms with E-state index in [-0.39, 0.29) is 23.6 Å². The van der Waals surface area contributed by atoms with Crippen LogP contribution in [0.4, 0.5) is 0 Å². The highest BCUT2D eigenvalue weighted by atomic mass is 16.6. The molecule has 8 atom stereocenters. The number of furan rings is 1. The molecule has 1 spiro atoms. The standard InChI is InChI=1S/C26H30O6/c1-22(2)16(28)6-8-23(3)19-15(27)11-24(4)14(13-7-9-31-12-13)10-17-26(24,32-17)25(19,5)21(30)18(29)20(22)23/h6-9,12,14-15,17,19,27,29H,10-11H2,1-5H3/t14-,15+,17-,19+,23+,24-,25-,26-/m0/s1. The summed E-state index contributed by atoms with van der Waals surface area (Å²) in [6.45, 7) is 9.42. The quantitative estimate of drug-likeness (QED) is 0.646. The van der Waals surface area contributed by atoms with Gasteiger partial charge in [-0.25, -0.2) is 0 Å². The van der Waals surface area contributed by atoms with Gasteiger partial charge < -0.3 is 19.4 Å². The summed E-state index contributed by atoms with van der Waals surface area (Å²) in [5.74, 6) is -1.33. The zero-order valence-electron chi connectivity index (χ0n) is 19.1. The van der Waals surface area contributed by atoms with E-state index in [0.717, 1.165) is 12.0 Å². The highest BCUT2D eigenvalue weighted by Gasteiger charge is 2.88. The van der Waals surface area contributed by atoms with Crippen molar-refractivity contribution in [2.24, 2.45) is 27.6 Å². The van der Waals surface area contributed by atoms with E-state index in [1.807, 2.05) is 19.9 Å². The summed E-state index contributed by atoms with van der Waals surface area (Å²) in [4.78, 5) is 26.8. The van der Waals surface area contributed by atoms with Crippen molar-refractivity contribution < 1.29 is 29.0 Å². The molecular formula is C26H30O6. The molecule has 1 saturated heterocycles. The third-order valence-electron chi connectivity index (χ3n) is 10.1. The number of carbonyl (C=O) groups is 2. The molecule has 6 heteroatoms. The second-order valence-electron chi connectivity index (χ2n) is 11.7. The summed E-state index contributed by atoms with van der Waals surface area (Å²) in [6.07, 6.45) is 7.02. The first kappa shape index (κ1) is 20.4. The number of ether oxygens (including phenoxy) is 1. The van der Waals surface area contributed by atoms with Crippen molar-refractivity contribution in [1.29, 1.82) is 0 Å². The third-order valence-corrected chi connectivity index (χ3v) is 10.1. The SMILES string of the molecule is CC1(C)C(=O)C=C[C@@]2(C)C1=C(O)C(=O)[C@]1(C)[C@@H]2[C@H](O)C[C@@]2(C)[C@H](c3ccoc3)C[C@@H]3O[C@@]321. The van der Waals surface area contributed by atoms with Crippen molar-refractivity contribution in [3.8, 4) is 0 Å². The molecule has 1 aromatic rings. The molecule has 2 heterocycles. The lowest BCUT2D eigenvalue weighted by molar-refractivity contribution is -0.187. The van der Waals surface area contributed by atoms with E-state index in [1.54, 1.807) is 38.5 Å². The molecule has 6 nitrogen and oxygen atoms in total. The van der Waals surface area contributed by atoms with E-state index in [9.17, 15) is 19.8 Å². The van der Waals surface area contributed by atoms with Crippen molar-refractivity contribution >= 4 is 11.6 Å². The molecule has 0 radical (unpaired) electrons. The van der Waals surface area contributed by atoms with Crippen LogP contribution in [0.5, 0.6) is 0 Å². The number of hydrogen-bond donors (Lipinski definition) is 2. The lowest BCUT2D eigenvalue weighted by Crippen LogP contribution is -2.70. The monoisotopic (exact) mass is 438 g/mol. The number of hydrogen-bond acceptors (Lipinski definition) is 6. The van der Waals surface area contributed by atoms with Gasteiger partial charge >= 0.3 is 0 Å². The van der Waals surface area contributed by atoms with Gasteiger partial charge in [0.2, 0.25) is 5.78 Å². The van der Waals surface area contributed by atoms with Crippen molar-refractivity contribution in [3.63, 3.8) is 0 Å². The zero-order chi connectivity index (χ0) is 23.1. The van der Waals surface area contributed by atoms with E-state index in [2.05, 4.69) is 6.92 Å². The van der Waals surface area contributed by atoms with Crippen LogP contribution in [-0.2, 0) is 14.3 Å². The number of Topliss-reactive ketones (excluding diaryl/α,β-unsaturated/α-hetero) is 1. The normalized spacial score (nSPS) is 50.6. The van der Waals surface area contributed by atoms with Gasteiger partial charge in [0.05, 0.1) is 35.6 Å². The molecule has 4 aliphatic carbocycles. The Morgan fingerprint density at radius 1 is 1.12 bits per heavy atom. The van der Waals surface area contributed by atoms with Gasteiger partial charge in [-0.15, -0.1) is 0 Å². The Labute approximate surface area is 187 Å². The van der Waals surface area contributed by atoms with E-state index in [0.29, 0.717) is 12.0 Å². The first-order valence-electron chi connectivity index (χ1n) is 11.5. The van der Waals surface area contributed by atoms with Crippen LogP contribution in [0, 0.1) is 27.6 Å². The average molecular weight is 439 g/mol. The average Bonchev–Trinajstić information content (AvgIpc) is 3.08. The lowest BCUT2D eigenvalue weighted by atomic mass is 9.38. The molecule has 5 aliphatic rings. The molecule has 1 aliphatic heterocycles. The molecule has 0 aromatic carbocycles. The van der Waals surface area contributed by atoms with Gasteiger partial charge in [0, 0.05) is 16.7 Å². The fraction of sp³-hybridized carbons (Fsp3) is 0.615. The summed E-state index contributed by atoms with van der Waals surface area (Å²) in [7, 11) is 0. The number of rotatable bonds is 1. The number of aliphatic hydroxyl groups excluding tert-OH is 2. The largest absolute Gasteiger partial charge is 0.504 e. The Morgan fingerprint density at radius 2 is 1.84 bits per heavy atom. The summed E-state index contributed by atoms with van der Waals surface area (Å²) in [5.41, 5.74) is -2.82. The Hall–Kier alpha value is -2.18. The predicted molar refractivity (Wildman–Crippen MR) is 115 cm³/mol. The minimum Gasteiger partial charge on any atom is -0.504 e. The molecule has 2 N–H and O–H groups in total. The van der Waals surface area contributed by atoms with Gasteiger partial charge in [-0.05, 0) is 62.8 Å². The number of fused-ring (bicyclic) bond motifs is 3. The zero-order valence-corrected chi connectivity index (χ0v) is 19.1. The number of allylic oxidation sites excluding steroid dienone is 4. The summed E-state index contributed by atoms with van der Waals surface area (Å²) < 4.78 is 11.8. The van der Waals surface area contributed by atoms with Gasteiger partial charge in [0.1, 0.15) is 5.60 Å². The van der Waals surface area contributed by atoms with Gasteiger partial charge in [0.15, 0.2) is 11.5 Å². The van der Waals surface area contributed by atoms with Crippen LogP contribution in [0.15, 0.2) is 46.5 Å². The van der Waals surface area contributed by atoms with Crippen LogP contribution in [0.1, 0.15) is 58.9 Å². The van der Waals surface area contributed by atoms with Gasteiger partial charge in [0.25, 0.3) is 0 Å². The molecule has 170 valence electrons. The minimum absolute atomic E-state index is 0.0838. The van der Waals surface area contributed by atoms with E-state index in [4.69, 9.17) is 9.15 Å². The van der Waals surface area contributed by atoms with E-state index in [1.165, 1.54) is 0 Å². The van der Waals surface area contributed by atoms with Gasteiger partial charge in [-0.1, -0.05) is 19.9 Å². The maximum atomic E-state index is 14.1. The van der Waals surface area contributed by atoms with Crippen LogP contribution in [0.3, 0.4) is 0 Å². The first-order chi connectivity index (χ1) is 14.9. The molecule has 0 amide bonds. The van der Waals surface area contributed by atoms with Gasteiger partial charge in [-0.3, -0.25) is 9.59 Å². The molecule has 32 heavy (non-hydrogen) atoms. The Kier molecular flexibility index (Phi) is 3.50. The van der Waals surface area contributed by atoms with Crippen LogP contribution in [-0.4, -0.2) is 39.6 Å². The van der Waals surface area contributed by atoms with Crippen LogP contribution < -0.4 is 0 Å². The second kappa shape index (κ2) is 5.48. The fourth-order valence-electron chi connectivity index (χ4n) is 8.95. The Bertz CT molecular complexity index is 1130. The van der Waals surface area contributed by atoms with E-state index < -0.39 is 45.1 Å². The van der Waals surface area contributed by atoms with Crippen molar-refractivity contribution in [2.45, 2.75) is 71.2 Å². The van der Waals surface area contributed by atoms with Crippen LogP contribution >= 0.6 is 0 Å². The number of epoxide rings is 1. The van der Waals surface area contributed by atoms with Crippen molar-refractivity contribution in [1.82, 2.24) is 0 Å². The smallest absolute Gasteiger partial charge is 0.206 e. The summed E-state index contributed by atoms with van der Waals surface area (Å²) in [6, 6.07) is 1.95. The molecule has 0 bridgehead atoms. The minimum atomic E-state index is -1.13. The topological polar surface area (TPSA) is 100 Å². The Morgan fingerprint density at radius 3 is 2.50 bits per heavy atom. The number of ketones is 2. The van der Waals surface area contributed by atoms with Crippen molar-refractivity contribution in [2.75, 3.05) is 0 Å². The maximum Gasteiger partial charge on any atom is 0.206 e. The van der Waals surface area contributed by atoms with E-state index >= 15 is 0 Å². The van der Waals surface area contributed by atoms with Crippen LogP contribution in [0.2, 0.25) is 0 Å². The molecule has 0 unspecified atom stereocenters. The second-order valence-corrected chi connectivity index (χ2v) is 11.7. The fourth-order valence-corrected chi connectivity index (χ4v) is 8.95. The molecule has 1 aromatic heterocycles. The molecule has 2 saturated carbocycles. The van der Waals surface area contributed by atoms with Crippen molar-refractivity contribution in [3.05, 3.63) is 47.6 Å². The molecular weight excluding hydrogens is 408 g/mol. The first-order valence-corrected chi connectivity index (χ1v) is 11.5. The molecule has 3 fully saturated rings. The molecule has 6 rings (SSSR count). The van der Waals surface area contributed by atoms with Gasteiger partial charge in [-0.2, -0.15) is 0 Å². The summed E-state index contributed by atoms with van der Waals surface area (Å²) >= 11 is 0. The third kappa shape index (κ3) is 1.82. The summed E-state index contributed by atoms with van der Waals surface area (Å²) in [5, 5.41) is 23.1. The number of carbonyl (C=O) groups excluding carboxylic acids is 2. The predicted octanol–water partition coefficient (Wildman–Crippen LogP) is 3.86. The Balaban J connectivity index is 1.60.